The fraction of sp³-hybridized carbons (Fsp3) is 0.167. The summed E-state index contributed by atoms with van der Waals surface area (Å²) in [5, 5.41) is 11.4. The lowest BCUT2D eigenvalue weighted by molar-refractivity contribution is -0.137. The van der Waals surface area contributed by atoms with Crippen molar-refractivity contribution in [3.63, 3.8) is 0 Å². The Balaban J connectivity index is 2.27. The number of rotatable bonds is 3. The normalized spacial score (nSPS) is 11.1. The molecule has 3 nitrogen and oxygen atoms in total. The van der Waals surface area contributed by atoms with Crippen LogP contribution in [-0.4, -0.2) is 4.98 Å². The molecule has 0 spiro atoms. The smallest absolute Gasteiger partial charge is 0.380 e. The summed E-state index contributed by atoms with van der Waals surface area (Å²) < 4.78 is 38.6. The molecule has 0 radical (unpaired) electrons. The lowest BCUT2D eigenvalue weighted by atomic mass is 10.1. The van der Waals surface area contributed by atoms with Crippen LogP contribution in [0.25, 0.3) is 0 Å². The molecule has 0 bridgehead atoms. The molecule has 0 fully saturated rings. The number of thiazole rings is 1. The van der Waals surface area contributed by atoms with Crippen LogP contribution in [0.2, 0.25) is 0 Å². The number of hydrogen-bond acceptors (Lipinski definition) is 4. The lowest BCUT2D eigenvalue weighted by Gasteiger charge is -2.14. The standard InChI is InChI=1S/C12H8F3N3S/c13-12(14,15)10-3-8(4-16)1-2-11(10)18-6-9-5-17-7-19-9/h1-3,5,7,18H,6H2. The van der Waals surface area contributed by atoms with Gasteiger partial charge in [-0.25, -0.2) is 0 Å². The van der Waals surface area contributed by atoms with Crippen LogP contribution in [0.15, 0.2) is 29.9 Å². The topological polar surface area (TPSA) is 48.7 Å². The van der Waals surface area contributed by atoms with E-state index < -0.39 is 11.7 Å². The molecular weight excluding hydrogens is 275 g/mol. The van der Waals surface area contributed by atoms with Crippen molar-refractivity contribution < 1.29 is 13.2 Å². The van der Waals surface area contributed by atoms with Gasteiger partial charge < -0.3 is 5.32 Å². The highest BCUT2D eigenvalue weighted by Gasteiger charge is 2.33. The molecule has 0 saturated heterocycles. The van der Waals surface area contributed by atoms with E-state index in [1.807, 2.05) is 0 Å². The SMILES string of the molecule is N#Cc1ccc(NCc2cncs2)c(C(F)(F)F)c1. The number of nitriles is 1. The van der Waals surface area contributed by atoms with Gasteiger partial charge in [-0.1, -0.05) is 0 Å². The molecule has 1 aromatic carbocycles. The van der Waals surface area contributed by atoms with Crippen molar-refractivity contribution in [1.82, 2.24) is 4.98 Å². The predicted octanol–water partition coefficient (Wildman–Crippen LogP) is 3.65. The van der Waals surface area contributed by atoms with Gasteiger partial charge in [-0.15, -0.1) is 11.3 Å². The van der Waals surface area contributed by atoms with Gasteiger partial charge in [0, 0.05) is 16.8 Å². The van der Waals surface area contributed by atoms with Gasteiger partial charge in [0.1, 0.15) is 0 Å². The molecule has 0 saturated carbocycles. The molecule has 0 atom stereocenters. The van der Waals surface area contributed by atoms with E-state index in [1.54, 1.807) is 17.8 Å². The lowest BCUT2D eigenvalue weighted by Crippen LogP contribution is -2.11. The van der Waals surface area contributed by atoms with Crippen LogP contribution in [0.5, 0.6) is 0 Å². The number of alkyl halides is 3. The Morgan fingerprint density at radius 2 is 2.16 bits per heavy atom. The van der Waals surface area contributed by atoms with Crippen LogP contribution < -0.4 is 5.32 Å². The van der Waals surface area contributed by atoms with Gasteiger partial charge in [0.15, 0.2) is 0 Å². The Labute approximate surface area is 111 Å². The fourth-order valence-corrected chi connectivity index (χ4v) is 2.05. The molecule has 1 aromatic heterocycles. The highest BCUT2D eigenvalue weighted by molar-refractivity contribution is 7.09. The van der Waals surface area contributed by atoms with E-state index in [0.29, 0.717) is 0 Å². The number of nitrogens with zero attached hydrogens (tertiary/aromatic N) is 2. The van der Waals surface area contributed by atoms with Crippen molar-refractivity contribution in [3.8, 4) is 6.07 Å². The monoisotopic (exact) mass is 283 g/mol. The fourth-order valence-electron chi connectivity index (χ4n) is 1.51. The van der Waals surface area contributed by atoms with Crippen molar-refractivity contribution in [2.75, 3.05) is 5.32 Å². The van der Waals surface area contributed by atoms with Crippen molar-refractivity contribution in [3.05, 3.63) is 45.9 Å². The molecular formula is C12H8F3N3S. The molecule has 19 heavy (non-hydrogen) atoms. The van der Waals surface area contributed by atoms with Crippen LogP contribution in [0.4, 0.5) is 18.9 Å². The van der Waals surface area contributed by atoms with E-state index >= 15 is 0 Å². The minimum absolute atomic E-state index is 0.0179. The molecule has 1 heterocycles. The van der Waals surface area contributed by atoms with Gasteiger partial charge in [-0.05, 0) is 18.2 Å². The summed E-state index contributed by atoms with van der Waals surface area (Å²) in [4.78, 5) is 4.68. The average molecular weight is 283 g/mol. The minimum atomic E-state index is -4.50. The Morgan fingerprint density at radius 1 is 1.37 bits per heavy atom. The highest BCUT2D eigenvalue weighted by atomic mass is 32.1. The molecule has 0 aliphatic carbocycles. The van der Waals surface area contributed by atoms with E-state index in [1.165, 1.54) is 23.5 Å². The zero-order valence-electron chi connectivity index (χ0n) is 9.53. The summed E-state index contributed by atoms with van der Waals surface area (Å²) in [7, 11) is 0. The predicted molar refractivity (Wildman–Crippen MR) is 65.6 cm³/mol. The number of nitrogens with one attached hydrogen (secondary N) is 1. The van der Waals surface area contributed by atoms with Crippen molar-refractivity contribution in [2.24, 2.45) is 0 Å². The Kier molecular flexibility index (Phi) is 3.71. The maximum absolute atomic E-state index is 12.9. The number of anilines is 1. The first-order chi connectivity index (χ1) is 9.00. The quantitative estimate of drug-likeness (QED) is 0.935. The molecule has 98 valence electrons. The van der Waals surface area contributed by atoms with Crippen molar-refractivity contribution in [1.29, 1.82) is 5.26 Å². The summed E-state index contributed by atoms with van der Waals surface area (Å²) in [6.45, 7) is 0.264. The van der Waals surface area contributed by atoms with Gasteiger partial charge in [0.2, 0.25) is 0 Å². The van der Waals surface area contributed by atoms with Gasteiger partial charge >= 0.3 is 6.18 Å². The number of benzene rings is 1. The highest BCUT2D eigenvalue weighted by Crippen LogP contribution is 2.35. The van der Waals surface area contributed by atoms with Crippen LogP contribution >= 0.6 is 11.3 Å². The van der Waals surface area contributed by atoms with Gasteiger partial charge in [0.05, 0.1) is 29.3 Å². The summed E-state index contributed by atoms with van der Waals surface area (Å²) >= 11 is 1.36. The van der Waals surface area contributed by atoms with E-state index in [2.05, 4.69) is 10.3 Å². The summed E-state index contributed by atoms with van der Waals surface area (Å²) in [6, 6.07) is 5.16. The Bertz CT molecular complexity index is 600. The summed E-state index contributed by atoms with van der Waals surface area (Å²) in [5.41, 5.74) is 0.715. The van der Waals surface area contributed by atoms with E-state index in [-0.39, 0.29) is 17.8 Å². The second-order valence-corrected chi connectivity index (χ2v) is 4.66. The number of hydrogen-bond donors (Lipinski definition) is 1. The first-order valence-electron chi connectivity index (χ1n) is 5.23. The van der Waals surface area contributed by atoms with Crippen molar-refractivity contribution in [2.45, 2.75) is 12.7 Å². The largest absolute Gasteiger partial charge is 0.418 e. The van der Waals surface area contributed by atoms with Crippen LogP contribution in [0.3, 0.4) is 0 Å². The van der Waals surface area contributed by atoms with Gasteiger partial charge in [-0.3, -0.25) is 4.98 Å². The second kappa shape index (κ2) is 5.28. The van der Waals surface area contributed by atoms with Gasteiger partial charge in [0.25, 0.3) is 0 Å². The molecule has 2 rings (SSSR count). The Morgan fingerprint density at radius 3 is 2.74 bits per heavy atom. The second-order valence-electron chi connectivity index (χ2n) is 3.69. The van der Waals surface area contributed by atoms with Gasteiger partial charge in [-0.2, -0.15) is 18.4 Å². The molecule has 0 unspecified atom stereocenters. The van der Waals surface area contributed by atoms with Crippen molar-refractivity contribution >= 4 is 17.0 Å². The van der Waals surface area contributed by atoms with E-state index in [9.17, 15) is 13.2 Å². The molecule has 7 heteroatoms. The Hall–Kier alpha value is -2.07. The number of halogens is 3. The van der Waals surface area contributed by atoms with E-state index in [0.717, 1.165) is 10.9 Å². The zero-order valence-corrected chi connectivity index (χ0v) is 10.3. The molecule has 1 N–H and O–H groups in total. The maximum atomic E-state index is 12.9. The molecule has 0 amide bonds. The minimum Gasteiger partial charge on any atom is -0.380 e. The molecule has 2 aromatic rings. The number of aromatic nitrogens is 1. The maximum Gasteiger partial charge on any atom is 0.418 e. The first-order valence-corrected chi connectivity index (χ1v) is 6.11. The van der Waals surface area contributed by atoms with Crippen LogP contribution in [0, 0.1) is 11.3 Å². The average Bonchev–Trinajstić information content (AvgIpc) is 2.88. The third-order valence-electron chi connectivity index (χ3n) is 2.39. The summed E-state index contributed by atoms with van der Waals surface area (Å²) in [6.07, 6.45) is -2.91. The third kappa shape index (κ3) is 3.23. The van der Waals surface area contributed by atoms with Crippen LogP contribution in [0.1, 0.15) is 16.0 Å². The summed E-state index contributed by atoms with van der Waals surface area (Å²) in [5.74, 6) is 0. The zero-order chi connectivity index (χ0) is 13.9. The van der Waals surface area contributed by atoms with Crippen LogP contribution in [-0.2, 0) is 12.7 Å². The third-order valence-corrected chi connectivity index (χ3v) is 3.17. The first kappa shape index (κ1) is 13.4. The van der Waals surface area contributed by atoms with E-state index in [4.69, 9.17) is 5.26 Å². The molecule has 0 aliphatic heterocycles. The molecule has 0 aliphatic rings.